The van der Waals surface area contributed by atoms with Gasteiger partial charge in [0.25, 0.3) is 0 Å². The lowest BCUT2D eigenvalue weighted by molar-refractivity contribution is 0.134. The number of aliphatic imine (C=N–C) groups is 1. The van der Waals surface area contributed by atoms with Crippen LogP contribution in [0.3, 0.4) is 0 Å². The highest BCUT2D eigenvalue weighted by molar-refractivity contribution is 5.85. The summed E-state index contributed by atoms with van der Waals surface area (Å²) in [6, 6.07) is 19.4. The maximum Gasteiger partial charge on any atom is 0.0667 e. The van der Waals surface area contributed by atoms with Gasteiger partial charge in [-0.25, -0.2) is 0 Å². The van der Waals surface area contributed by atoms with E-state index in [1.165, 1.54) is 23.2 Å². The Morgan fingerprint density at radius 3 is 2.68 bits per heavy atom. The first-order chi connectivity index (χ1) is 10.8. The highest BCUT2D eigenvalue weighted by Gasteiger charge is 2.44. The van der Waals surface area contributed by atoms with Crippen molar-refractivity contribution in [3.8, 4) is 0 Å². The third kappa shape index (κ3) is 2.19. The summed E-state index contributed by atoms with van der Waals surface area (Å²) < 4.78 is 0. The molecular weight excluding hydrogens is 268 g/mol. The van der Waals surface area contributed by atoms with Crippen LogP contribution in [0, 0.1) is 5.92 Å². The van der Waals surface area contributed by atoms with Gasteiger partial charge in [0.1, 0.15) is 0 Å². The zero-order chi connectivity index (χ0) is 15.0. The zero-order valence-corrected chi connectivity index (χ0v) is 13.1. The minimum atomic E-state index is 0.157. The van der Waals surface area contributed by atoms with Gasteiger partial charge >= 0.3 is 0 Å². The Morgan fingerprint density at radius 1 is 1.09 bits per heavy atom. The SMILES string of the molecule is CC1CN(Cc2ccccc2)CCC12C=Nc1ccccc12. The van der Waals surface area contributed by atoms with Gasteiger partial charge in [-0.1, -0.05) is 55.5 Å². The van der Waals surface area contributed by atoms with Crippen molar-refractivity contribution in [2.75, 3.05) is 13.1 Å². The van der Waals surface area contributed by atoms with Crippen LogP contribution in [-0.4, -0.2) is 24.2 Å². The van der Waals surface area contributed by atoms with Crippen LogP contribution in [0.5, 0.6) is 0 Å². The summed E-state index contributed by atoms with van der Waals surface area (Å²) in [7, 11) is 0. The lowest BCUT2D eigenvalue weighted by Crippen LogP contribution is -2.48. The van der Waals surface area contributed by atoms with Crippen molar-refractivity contribution in [1.82, 2.24) is 4.90 Å². The molecule has 112 valence electrons. The molecule has 22 heavy (non-hydrogen) atoms. The summed E-state index contributed by atoms with van der Waals surface area (Å²) in [4.78, 5) is 7.28. The molecule has 1 saturated heterocycles. The van der Waals surface area contributed by atoms with E-state index in [9.17, 15) is 0 Å². The standard InChI is InChI=1S/C20H22N2/c1-16-13-22(14-17-7-3-2-4-8-17)12-11-20(16)15-21-19-10-6-5-9-18(19)20/h2-10,15-16H,11-14H2,1H3. The molecule has 0 saturated carbocycles. The summed E-state index contributed by atoms with van der Waals surface area (Å²) >= 11 is 0. The second-order valence-electron chi connectivity index (χ2n) is 6.69. The fourth-order valence-electron chi connectivity index (χ4n) is 4.04. The van der Waals surface area contributed by atoms with Crippen molar-refractivity contribution in [2.24, 2.45) is 10.9 Å². The number of likely N-dealkylation sites (tertiary alicyclic amines) is 1. The molecule has 1 fully saturated rings. The van der Waals surface area contributed by atoms with E-state index < -0.39 is 0 Å². The van der Waals surface area contributed by atoms with Gasteiger partial charge < -0.3 is 0 Å². The highest BCUT2D eigenvalue weighted by Crippen LogP contribution is 2.46. The van der Waals surface area contributed by atoms with Gasteiger partial charge in [0.05, 0.1) is 5.69 Å². The van der Waals surface area contributed by atoms with Gasteiger partial charge in [-0.3, -0.25) is 9.89 Å². The van der Waals surface area contributed by atoms with Crippen molar-refractivity contribution in [3.05, 3.63) is 65.7 Å². The van der Waals surface area contributed by atoms with Gasteiger partial charge in [0.2, 0.25) is 0 Å². The topological polar surface area (TPSA) is 15.6 Å². The molecule has 2 aliphatic heterocycles. The van der Waals surface area contributed by atoms with Crippen LogP contribution in [0.4, 0.5) is 5.69 Å². The summed E-state index contributed by atoms with van der Waals surface area (Å²) in [5.74, 6) is 0.595. The maximum absolute atomic E-state index is 4.69. The Labute approximate surface area is 132 Å². The first-order valence-electron chi connectivity index (χ1n) is 8.19. The Morgan fingerprint density at radius 2 is 1.86 bits per heavy atom. The summed E-state index contributed by atoms with van der Waals surface area (Å²) in [6.45, 7) is 5.71. The Hall–Kier alpha value is -1.93. The minimum Gasteiger partial charge on any atom is -0.299 e. The number of fused-ring (bicyclic) bond motifs is 2. The van der Waals surface area contributed by atoms with E-state index in [1.807, 2.05) is 0 Å². The summed E-state index contributed by atoms with van der Waals surface area (Å²) in [6.07, 6.45) is 3.39. The molecule has 2 aliphatic rings. The molecule has 0 radical (unpaired) electrons. The molecule has 2 heteroatoms. The van der Waals surface area contributed by atoms with Crippen LogP contribution < -0.4 is 0 Å². The monoisotopic (exact) mass is 290 g/mol. The van der Waals surface area contributed by atoms with Crippen molar-refractivity contribution in [1.29, 1.82) is 0 Å². The molecule has 2 unspecified atom stereocenters. The van der Waals surface area contributed by atoms with E-state index in [1.54, 1.807) is 0 Å². The molecular formula is C20H22N2. The molecule has 0 aliphatic carbocycles. The Bertz CT molecular complexity index is 692. The molecule has 0 bridgehead atoms. The quantitative estimate of drug-likeness (QED) is 0.810. The lowest BCUT2D eigenvalue weighted by Gasteiger charge is -2.43. The fraction of sp³-hybridized carbons (Fsp3) is 0.350. The van der Waals surface area contributed by atoms with Crippen molar-refractivity contribution in [3.63, 3.8) is 0 Å². The molecule has 0 aromatic heterocycles. The molecule has 0 amide bonds. The molecule has 2 nitrogen and oxygen atoms in total. The number of para-hydroxylation sites is 1. The van der Waals surface area contributed by atoms with Crippen molar-refractivity contribution >= 4 is 11.9 Å². The third-order valence-corrected chi connectivity index (χ3v) is 5.34. The Balaban J connectivity index is 1.53. The van der Waals surface area contributed by atoms with Gasteiger partial charge in [0, 0.05) is 24.7 Å². The molecule has 2 aromatic rings. The minimum absolute atomic E-state index is 0.157. The van der Waals surface area contributed by atoms with Gasteiger partial charge in [-0.2, -0.15) is 0 Å². The van der Waals surface area contributed by atoms with E-state index in [-0.39, 0.29) is 5.41 Å². The predicted molar refractivity (Wildman–Crippen MR) is 91.8 cm³/mol. The van der Waals surface area contributed by atoms with E-state index in [0.29, 0.717) is 5.92 Å². The van der Waals surface area contributed by atoms with Gasteiger partial charge in [0.15, 0.2) is 0 Å². The van der Waals surface area contributed by atoms with Crippen LogP contribution in [0.1, 0.15) is 24.5 Å². The van der Waals surface area contributed by atoms with E-state index >= 15 is 0 Å². The molecule has 2 atom stereocenters. The van der Waals surface area contributed by atoms with Crippen molar-refractivity contribution in [2.45, 2.75) is 25.3 Å². The van der Waals surface area contributed by atoms with Crippen LogP contribution >= 0.6 is 0 Å². The molecule has 2 aromatic carbocycles. The third-order valence-electron chi connectivity index (χ3n) is 5.34. The zero-order valence-electron chi connectivity index (χ0n) is 13.1. The van der Waals surface area contributed by atoms with Crippen molar-refractivity contribution < 1.29 is 0 Å². The fourth-order valence-corrected chi connectivity index (χ4v) is 4.04. The highest BCUT2D eigenvalue weighted by atomic mass is 15.1. The lowest BCUT2D eigenvalue weighted by atomic mass is 9.68. The average molecular weight is 290 g/mol. The number of rotatable bonds is 2. The second-order valence-corrected chi connectivity index (χ2v) is 6.69. The molecule has 0 N–H and O–H groups in total. The predicted octanol–water partition coefficient (Wildman–Crippen LogP) is 4.18. The van der Waals surface area contributed by atoms with Crippen LogP contribution in [0.25, 0.3) is 0 Å². The summed E-state index contributed by atoms with van der Waals surface area (Å²) in [5, 5.41) is 0. The number of hydrogen-bond acceptors (Lipinski definition) is 2. The Kier molecular flexibility index (Phi) is 3.34. The maximum atomic E-state index is 4.69. The normalized spacial score (nSPS) is 27.2. The number of benzene rings is 2. The molecule has 2 heterocycles. The molecule has 4 rings (SSSR count). The number of piperidine rings is 1. The first kappa shape index (κ1) is 13.7. The number of hydrogen-bond donors (Lipinski definition) is 0. The van der Waals surface area contributed by atoms with Crippen LogP contribution in [-0.2, 0) is 12.0 Å². The second kappa shape index (κ2) is 5.36. The number of nitrogens with zero attached hydrogens (tertiary/aromatic N) is 2. The van der Waals surface area contributed by atoms with Crippen LogP contribution in [0.2, 0.25) is 0 Å². The molecule has 1 spiro atoms. The average Bonchev–Trinajstić information content (AvgIpc) is 2.92. The van der Waals surface area contributed by atoms with Crippen LogP contribution in [0.15, 0.2) is 59.6 Å². The van der Waals surface area contributed by atoms with E-state index in [0.717, 1.165) is 19.6 Å². The van der Waals surface area contributed by atoms with Gasteiger partial charge in [-0.15, -0.1) is 0 Å². The smallest absolute Gasteiger partial charge is 0.0667 e. The summed E-state index contributed by atoms with van der Waals surface area (Å²) in [5.41, 5.74) is 4.17. The van der Waals surface area contributed by atoms with Gasteiger partial charge in [-0.05, 0) is 36.1 Å². The van der Waals surface area contributed by atoms with E-state index in [2.05, 4.69) is 72.6 Å². The first-order valence-corrected chi connectivity index (χ1v) is 8.19. The van der Waals surface area contributed by atoms with E-state index in [4.69, 9.17) is 4.99 Å². The largest absolute Gasteiger partial charge is 0.299 e.